The molecule has 4 aromatic heterocycles. The van der Waals surface area contributed by atoms with Gasteiger partial charge in [-0.3, -0.25) is 4.79 Å². The molecule has 0 bridgehead atoms. The summed E-state index contributed by atoms with van der Waals surface area (Å²) in [4.78, 5) is 42.5. The summed E-state index contributed by atoms with van der Waals surface area (Å²) in [7, 11) is -3.00. The average Bonchev–Trinajstić information content (AvgIpc) is 1.83. The van der Waals surface area contributed by atoms with Crippen molar-refractivity contribution in [3.63, 3.8) is 0 Å². The molecule has 4 aromatic carbocycles. The fourth-order valence-corrected chi connectivity index (χ4v) is 14.0. The van der Waals surface area contributed by atoms with Crippen molar-refractivity contribution >= 4 is 73.1 Å². The second-order valence-electron chi connectivity index (χ2n) is 23.4. The van der Waals surface area contributed by atoms with Crippen molar-refractivity contribution < 1.29 is 50.1 Å². The van der Waals surface area contributed by atoms with Crippen molar-refractivity contribution in [2.24, 2.45) is 20.6 Å². The highest BCUT2D eigenvalue weighted by Crippen LogP contribution is 2.33. The van der Waals surface area contributed by atoms with Crippen LogP contribution in [0.25, 0.3) is 0 Å². The zero-order chi connectivity index (χ0) is 66.8. The summed E-state index contributed by atoms with van der Waals surface area (Å²) in [6, 6.07) is 20.5. The number of nitrogens with one attached hydrogen (secondary N) is 1. The number of carbonyl (C=O) groups excluding carboxylic acids is 1. The highest BCUT2D eigenvalue weighted by Gasteiger charge is 2.31. The summed E-state index contributed by atoms with van der Waals surface area (Å²) in [5.74, 6) is 1.11. The van der Waals surface area contributed by atoms with E-state index >= 15 is 0 Å². The van der Waals surface area contributed by atoms with Crippen LogP contribution in [0, 0.1) is 23.3 Å². The molecule has 1 N–H and O–H groups in total. The van der Waals surface area contributed by atoms with Gasteiger partial charge in [-0.15, -0.1) is 20.4 Å². The van der Waals surface area contributed by atoms with Crippen LogP contribution in [0.15, 0.2) is 143 Å². The number of oxime groups is 4. The summed E-state index contributed by atoms with van der Waals surface area (Å²) in [5, 5.41) is 50.0. The minimum absolute atomic E-state index is 0.0499. The van der Waals surface area contributed by atoms with Crippen LogP contribution in [0.2, 0.25) is 0 Å². The molecule has 4 unspecified atom stereocenters. The van der Waals surface area contributed by atoms with Gasteiger partial charge in [-0.2, -0.15) is 11.8 Å². The highest BCUT2D eigenvalue weighted by molar-refractivity contribution is 7.99. The van der Waals surface area contributed by atoms with Crippen LogP contribution in [0.4, 0.5) is 40.3 Å². The molecule has 0 saturated carbocycles. The van der Waals surface area contributed by atoms with Gasteiger partial charge in [-0.05, 0) is 48.5 Å². The molecular formula is C62H68F4N22O7S2. The molecule has 0 aliphatic carbocycles. The van der Waals surface area contributed by atoms with Crippen LogP contribution in [0.5, 0.6) is 0 Å². The summed E-state index contributed by atoms with van der Waals surface area (Å²) in [5.41, 5.74) is 7.83. The predicted octanol–water partition coefficient (Wildman–Crippen LogP) is 5.83. The van der Waals surface area contributed by atoms with Gasteiger partial charge in [-0.25, -0.2) is 44.7 Å². The Balaban J connectivity index is 0.000000117. The van der Waals surface area contributed by atoms with E-state index < -0.39 is 15.7 Å². The number of carbonyl (C=O) groups is 1. The second-order valence-corrected chi connectivity index (χ2v) is 26.9. The Kier molecular flexibility index (Phi) is 20.3. The van der Waals surface area contributed by atoms with E-state index in [9.17, 15) is 30.8 Å². The van der Waals surface area contributed by atoms with Crippen molar-refractivity contribution in [2.75, 3.05) is 121 Å². The van der Waals surface area contributed by atoms with E-state index in [1.807, 2.05) is 47.0 Å². The third-order valence-electron chi connectivity index (χ3n) is 17.2. The van der Waals surface area contributed by atoms with Crippen LogP contribution in [0.3, 0.4) is 0 Å². The number of hydrogen-bond acceptors (Lipinski definition) is 25. The van der Waals surface area contributed by atoms with Crippen LogP contribution in [0.1, 0.15) is 79.8 Å². The number of halogens is 4. The number of benzene rings is 4. The third kappa shape index (κ3) is 15.8. The number of nitrogens with zero attached hydrogens (tertiary/aromatic N) is 21. The Bertz CT molecular complexity index is 4110. The Morgan fingerprint density at radius 3 is 1.05 bits per heavy atom. The Morgan fingerprint density at radius 2 is 0.753 bits per heavy atom. The summed E-state index contributed by atoms with van der Waals surface area (Å²) < 4.78 is 87.5. The van der Waals surface area contributed by atoms with E-state index in [1.54, 1.807) is 109 Å². The molecular weight excluding hydrogens is 1300 g/mol. The Hall–Kier alpha value is -10.0. The number of hydrogen-bond donors (Lipinski definition) is 1. The first kappa shape index (κ1) is 65.6. The third-order valence-corrected chi connectivity index (χ3v) is 19.8. The van der Waals surface area contributed by atoms with Gasteiger partial charge >= 0.3 is 0 Å². The first-order valence-corrected chi connectivity index (χ1v) is 34.5. The molecule has 8 aromatic rings. The van der Waals surface area contributed by atoms with Gasteiger partial charge < -0.3 is 49.2 Å². The molecule has 16 rings (SSSR count). The van der Waals surface area contributed by atoms with Crippen molar-refractivity contribution in [2.45, 2.75) is 57.5 Å². The molecule has 0 radical (unpaired) electrons. The lowest BCUT2D eigenvalue weighted by Gasteiger charge is -2.35. The lowest BCUT2D eigenvalue weighted by atomic mass is 10.1. The molecule has 4 atom stereocenters. The van der Waals surface area contributed by atoms with Gasteiger partial charge in [0.2, 0.25) is 30.8 Å². The van der Waals surface area contributed by atoms with Gasteiger partial charge in [0.15, 0.2) is 9.84 Å². The Labute approximate surface area is 558 Å². The van der Waals surface area contributed by atoms with Gasteiger partial charge in [-0.1, -0.05) is 65.7 Å². The maximum Gasteiger partial charge on any atom is 0.225 e. The molecule has 0 spiro atoms. The van der Waals surface area contributed by atoms with E-state index in [4.69, 9.17) is 19.4 Å². The molecule has 97 heavy (non-hydrogen) atoms. The standard InChI is InChI=1S/C17H19FN6O2.C15H17FN6O.C15H16FN5O3S.C15H16FN5OS/c1-12(25)22-6-8-23(9-7-22)16-3-2-13(10-14(16)18)15-11-17(26-20-15)24-5-4-19-21-24;16-12-9-11(1-2-14(12)21-6-3-17-4-7-21)13-10-15(23-19-13)22-8-5-18-20-22;16-12-9-11(13-10-15(24-18-13)21-4-3-17-19-21)1-2-14(12)20-5-7-25(22,23)8-6-20;16-12-9-11(1-2-14(12)20-5-7-23-8-6-20)13-10-15(22-18-13)21-4-3-17-19-21/h2-5,10,17H,6-9,11H2,1H3;1-2,5,8-9,15,17H,3-4,6-7,10H2;1-4,9,15H,5-8,10H2;1-4,9,15H,5-8,10H2. The fourth-order valence-electron chi connectivity index (χ4n) is 11.9. The zero-order valence-corrected chi connectivity index (χ0v) is 54.2. The average molecular weight is 1370 g/mol. The smallest absolute Gasteiger partial charge is 0.225 e. The van der Waals surface area contributed by atoms with Gasteiger partial charge in [0.25, 0.3) is 0 Å². The molecule has 29 nitrogen and oxygen atoms in total. The van der Waals surface area contributed by atoms with E-state index in [0.717, 1.165) is 73.3 Å². The molecule has 35 heteroatoms. The van der Waals surface area contributed by atoms with E-state index in [2.05, 4.69) is 77.0 Å². The summed E-state index contributed by atoms with van der Waals surface area (Å²) in [6.45, 7) is 9.77. The van der Waals surface area contributed by atoms with E-state index in [0.29, 0.717) is 110 Å². The van der Waals surface area contributed by atoms with Crippen molar-refractivity contribution in [1.82, 2.24) is 70.2 Å². The van der Waals surface area contributed by atoms with Crippen molar-refractivity contribution in [3.8, 4) is 0 Å². The number of anilines is 4. The second kappa shape index (κ2) is 29.9. The molecule has 508 valence electrons. The van der Waals surface area contributed by atoms with Crippen LogP contribution in [-0.2, 0) is 34.0 Å². The normalized spacial score (nSPS) is 21.2. The van der Waals surface area contributed by atoms with Crippen LogP contribution < -0.4 is 24.9 Å². The number of rotatable bonds is 12. The van der Waals surface area contributed by atoms with E-state index in [-0.39, 0.29) is 59.8 Å². The molecule has 4 saturated heterocycles. The minimum Gasteiger partial charge on any atom is -0.368 e. The lowest BCUT2D eigenvalue weighted by Crippen LogP contribution is -2.48. The van der Waals surface area contributed by atoms with Gasteiger partial charge in [0.05, 0.1) is 108 Å². The monoisotopic (exact) mass is 1370 g/mol. The SMILES string of the molecule is CC(=O)N1CCN(c2ccc(C3=NOC(n4ccnn4)C3)cc2F)CC1.Fc1cc(C2=NOC(n3ccnn3)C2)ccc1N1CCNCC1.Fc1cc(C2=NOC(n3ccnn3)C2)ccc1N1CCSCC1.O=S1(=O)CCN(c2ccc(C3=NOC(n4ccnn4)C3)cc2F)CC1. The molecule has 12 heterocycles. The maximum atomic E-state index is 14.7. The predicted molar refractivity (Wildman–Crippen MR) is 351 cm³/mol. The summed E-state index contributed by atoms with van der Waals surface area (Å²) >= 11 is 1.91. The summed E-state index contributed by atoms with van der Waals surface area (Å²) in [6.07, 6.45) is 13.8. The first-order chi connectivity index (χ1) is 47.3. The van der Waals surface area contributed by atoms with E-state index in [1.165, 1.54) is 18.2 Å². The molecule has 4 fully saturated rings. The maximum absolute atomic E-state index is 14.7. The zero-order valence-electron chi connectivity index (χ0n) is 52.6. The number of aromatic nitrogens is 12. The molecule has 8 aliphatic rings. The van der Waals surface area contributed by atoms with Crippen molar-refractivity contribution in [3.05, 3.63) is 168 Å². The van der Waals surface area contributed by atoms with Gasteiger partial charge in [0, 0.05) is 144 Å². The van der Waals surface area contributed by atoms with Crippen molar-refractivity contribution in [1.29, 1.82) is 0 Å². The topological polar surface area (TPSA) is 289 Å². The fraction of sp³-hybridized carbons (Fsp3) is 0.403. The Morgan fingerprint density at radius 1 is 0.443 bits per heavy atom. The minimum atomic E-state index is -3.00. The lowest BCUT2D eigenvalue weighted by molar-refractivity contribution is -0.129. The van der Waals surface area contributed by atoms with Crippen LogP contribution >= 0.6 is 11.8 Å². The molecule has 1 amide bonds. The quantitative estimate of drug-likeness (QED) is 0.141. The first-order valence-electron chi connectivity index (χ1n) is 31.5. The van der Waals surface area contributed by atoms with Crippen LogP contribution in [-0.4, -0.2) is 204 Å². The highest BCUT2D eigenvalue weighted by atomic mass is 32.2. The number of sulfone groups is 1. The van der Waals surface area contributed by atoms with Gasteiger partial charge in [0.1, 0.15) is 23.3 Å². The molecule has 8 aliphatic heterocycles. The number of thioether (sulfide) groups is 1. The number of piperazine rings is 2. The largest absolute Gasteiger partial charge is 0.368 e. The number of amides is 1.